The summed E-state index contributed by atoms with van der Waals surface area (Å²) in [7, 11) is 0. The lowest BCUT2D eigenvalue weighted by Crippen LogP contribution is -2.02. The molecule has 0 bridgehead atoms. The Hall–Kier alpha value is -5.48. The summed E-state index contributed by atoms with van der Waals surface area (Å²) in [6.07, 6.45) is 0. The summed E-state index contributed by atoms with van der Waals surface area (Å²) in [5, 5.41) is 3.28. The summed E-state index contributed by atoms with van der Waals surface area (Å²) in [5.41, 5.74) is 6.95. The van der Waals surface area contributed by atoms with Crippen LogP contribution in [0.3, 0.4) is 0 Å². The molecular formula is C36H23N3O. The van der Waals surface area contributed by atoms with Crippen LogP contribution in [-0.2, 0) is 0 Å². The molecule has 3 heterocycles. The minimum absolute atomic E-state index is 0.688. The minimum Gasteiger partial charge on any atom is -0.455 e. The molecule has 0 aliphatic heterocycles. The number of rotatable bonds is 4. The van der Waals surface area contributed by atoms with Crippen molar-refractivity contribution in [2.24, 2.45) is 0 Å². The van der Waals surface area contributed by atoms with Gasteiger partial charge in [-0.2, -0.15) is 0 Å². The van der Waals surface area contributed by atoms with Crippen molar-refractivity contribution in [2.45, 2.75) is 0 Å². The Labute approximate surface area is 230 Å². The molecule has 0 saturated heterocycles. The van der Waals surface area contributed by atoms with Crippen molar-refractivity contribution in [1.29, 1.82) is 0 Å². The van der Waals surface area contributed by atoms with Gasteiger partial charge in [-0.15, -0.1) is 0 Å². The first-order valence-electron chi connectivity index (χ1n) is 13.3. The third kappa shape index (κ3) is 3.62. The summed E-state index contributed by atoms with van der Waals surface area (Å²) in [4.78, 5) is 10.1. The van der Waals surface area contributed by atoms with Crippen LogP contribution in [0.15, 0.2) is 144 Å². The zero-order valence-electron chi connectivity index (χ0n) is 21.5. The lowest BCUT2D eigenvalue weighted by Gasteiger charge is -2.12. The molecule has 8 rings (SSSR count). The predicted octanol–water partition coefficient (Wildman–Crippen LogP) is 9.32. The average molecular weight is 514 g/mol. The van der Waals surface area contributed by atoms with Crippen molar-refractivity contribution in [1.82, 2.24) is 14.5 Å². The maximum atomic E-state index is 6.56. The SMILES string of the molecule is c1ccc(-c2cc(-n3c4ccccc4c4c5oc(-c6ccccc6)cc5ccc43)nc(-c3ccccc3)n2)cc1. The zero-order valence-corrected chi connectivity index (χ0v) is 21.5. The zero-order chi connectivity index (χ0) is 26.5. The van der Waals surface area contributed by atoms with Crippen LogP contribution in [0.1, 0.15) is 0 Å². The predicted molar refractivity (Wildman–Crippen MR) is 162 cm³/mol. The van der Waals surface area contributed by atoms with Gasteiger partial charge in [-0.25, -0.2) is 9.97 Å². The van der Waals surface area contributed by atoms with E-state index in [2.05, 4.69) is 89.5 Å². The molecule has 40 heavy (non-hydrogen) atoms. The fourth-order valence-corrected chi connectivity index (χ4v) is 5.56. The van der Waals surface area contributed by atoms with E-state index >= 15 is 0 Å². The monoisotopic (exact) mass is 513 g/mol. The Balaban J connectivity index is 1.43. The van der Waals surface area contributed by atoms with E-state index in [1.54, 1.807) is 0 Å². The van der Waals surface area contributed by atoms with Crippen molar-refractivity contribution in [2.75, 3.05) is 0 Å². The molecule has 0 amide bonds. The van der Waals surface area contributed by atoms with Crippen LogP contribution in [0.2, 0.25) is 0 Å². The van der Waals surface area contributed by atoms with Crippen molar-refractivity contribution in [3.63, 3.8) is 0 Å². The lowest BCUT2D eigenvalue weighted by atomic mass is 10.1. The van der Waals surface area contributed by atoms with Gasteiger partial charge >= 0.3 is 0 Å². The van der Waals surface area contributed by atoms with Crippen molar-refractivity contribution >= 4 is 32.8 Å². The van der Waals surface area contributed by atoms with E-state index in [0.29, 0.717) is 5.82 Å². The Kier molecular flexibility index (Phi) is 5.10. The molecule has 8 aromatic rings. The summed E-state index contributed by atoms with van der Waals surface area (Å²) in [6, 6.07) is 47.7. The molecule has 4 heteroatoms. The summed E-state index contributed by atoms with van der Waals surface area (Å²) in [5.74, 6) is 2.36. The van der Waals surface area contributed by atoms with Crippen LogP contribution in [0.5, 0.6) is 0 Å². The molecule has 0 saturated carbocycles. The van der Waals surface area contributed by atoms with Gasteiger partial charge in [0.15, 0.2) is 5.82 Å². The molecule has 0 aliphatic rings. The van der Waals surface area contributed by atoms with Gasteiger partial charge in [-0.1, -0.05) is 109 Å². The van der Waals surface area contributed by atoms with Crippen molar-refractivity contribution in [3.05, 3.63) is 140 Å². The number of nitrogens with zero attached hydrogens (tertiary/aromatic N) is 3. The van der Waals surface area contributed by atoms with Gasteiger partial charge in [0.1, 0.15) is 17.2 Å². The van der Waals surface area contributed by atoms with E-state index in [1.165, 1.54) is 0 Å². The van der Waals surface area contributed by atoms with Crippen LogP contribution in [0.4, 0.5) is 0 Å². The number of aromatic nitrogens is 3. The number of benzene rings is 5. The Morgan fingerprint density at radius 2 is 1.18 bits per heavy atom. The van der Waals surface area contributed by atoms with E-state index < -0.39 is 0 Å². The second kappa shape index (κ2) is 9.07. The van der Waals surface area contributed by atoms with Gasteiger partial charge in [-0.3, -0.25) is 4.57 Å². The molecule has 0 radical (unpaired) electrons. The first-order valence-corrected chi connectivity index (χ1v) is 13.3. The average Bonchev–Trinajstić information content (AvgIpc) is 3.62. The maximum Gasteiger partial charge on any atom is 0.162 e. The first kappa shape index (κ1) is 22.5. The van der Waals surface area contributed by atoms with Crippen LogP contribution < -0.4 is 0 Å². The van der Waals surface area contributed by atoms with Gasteiger partial charge in [-0.05, 0) is 24.3 Å². The summed E-state index contributed by atoms with van der Waals surface area (Å²) in [6.45, 7) is 0. The molecule has 0 N–H and O–H groups in total. The third-order valence-electron chi connectivity index (χ3n) is 7.42. The first-order chi connectivity index (χ1) is 19.8. The lowest BCUT2D eigenvalue weighted by molar-refractivity contribution is 0.635. The second-order valence-corrected chi connectivity index (χ2v) is 9.87. The van der Waals surface area contributed by atoms with E-state index in [4.69, 9.17) is 14.4 Å². The molecule has 0 atom stereocenters. The highest BCUT2D eigenvalue weighted by atomic mass is 16.3. The van der Waals surface area contributed by atoms with Crippen molar-refractivity contribution < 1.29 is 4.42 Å². The van der Waals surface area contributed by atoms with Gasteiger partial charge in [0.2, 0.25) is 0 Å². The number of fused-ring (bicyclic) bond motifs is 5. The number of hydrogen-bond acceptors (Lipinski definition) is 3. The topological polar surface area (TPSA) is 43.9 Å². The third-order valence-corrected chi connectivity index (χ3v) is 7.42. The van der Waals surface area contributed by atoms with E-state index in [9.17, 15) is 0 Å². The summed E-state index contributed by atoms with van der Waals surface area (Å²) < 4.78 is 8.80. The largest absolute Gasteiger partial charge is 0.455 e. The molecule has 5 aromatic carbocycles. The molecular weight excluding hydrogens is 490 g/mol. The quantitative estimate of drug-likeness (QED) is 0.235. The minimum atomic E-state index is 0.688. The molecule has 3 aromatic heterocycles. The number of hydrogen-bond donors (Lipinski definition) is 0. The van der Waals surface area contributed by atoms with Crippen LogP contribution in [-0.4, -0.2) is 14.5 Å². The fraction of sp³-hybridized carbons (Fsp3) is 0. The number of furan rings is 1. The smallest absolute Gasteiger partial charge is 0.162 e. The van der Waals surface area contributed by atoms with Gasteiger partial charge in [0, 0.05) is 33.5 Å². The highest BCUT2D eigenvalue weighted by molar-refractivity contribution is 6.20. The van der Waals surface area contributed by atoms with Gasteiger partial charge in [0.25, 0.3) is 0 Å². The number of para-hydroxylation sites is 1. The van der Waals surface area contributed by atoms with E-state index in [0.717, 1.165) is 66.7 Å². The normalized spacial score (nSPS) is 11.5. The second-order valence-electron chi connectivity index (χ2n) is 9.87. The molecule has 0 spiro atoms. The van der Waals surface area contributed by atoms with Gasteiger partial charge < -0.3 is 4.42 Å². The van der Waals surface area contributed by atoms with Gasteiger partial charge in [0.05, 0.1) is 22.1 Å². The van der Waals surface area contributed by atoms with Crippen LogP contribution >= 0.6 is 0 Å². The van der Waals surface area contributed by atoms with Crippen LogP contribution in [0.25, 0.3) is 72.6 Å². The maximum absolute atomic E-state index is 6.56. The molecule has 188 valence electrons. The Morgan fingerprint density at radius 3 is 1.93 bits per heavy atom. The molecule has 0 unspecified atom stereocenters. The van der Waals surface area contributed by atoms with E-state index in [1.807, 2.05) is 54.6 Å². The van der Waals surface area contributed by atoms with E-state index in [-0.39, 0.29) is 0 Å². The molecule has 4 nitrogen and oxygen atoms in total. The molecule has 0 fully saturated rings. The molecule has 0 aliphatic carbocycles. The van der Waals surface area contributed by atoms with Crippen LogP contribution in [0, 0.1) is 0 Å². The highest BCUT2D eigenvalue weighted by Gasteiger charge is 2.20. The Bertz CT molecular complexity index is 2090. The highest BCUT2D eigenvalue weighted by Crippen LogP contribution is 2.40. The summed E-state index contributed by atoms with van der Waals surface area (Å²) >= 11 is 0. The Morgan fingerprint density at radius 1 is 0.525 bits per heavy atom. The standard InChI is InChI=1S/C36H23N3O/c1-4-12-24(13-5-1)29-23-33(38-36(37-29)26-16-8-3-9-17-26)39-30-19-11-10-18-28(30)34-31(39)21-20-27-22-32(40-35(27)34)25-14-6-2-7-15-25/h1-23H. The van der Waals surface area contributed by atoms with Crippen molar-refractivity contribution in [3.8, 4) is 39.8 Å². The fourth-order valence-electron chi connectivity index (χ4n) is 5.56.